The van der Waals surface area contributed by atoms with Gasteiger partial charge in [-0.05, 0) is 42.3 Å². The van der Waals surface area contributed by atoms with Crippen LogP contribution in [0.3, 0.4) is 0 Å². The lowest BCUT2D eigenvalue weighted by Crippen LogP contribution is -2.38. The minimum absolute atomic E-state index is 0.282. The topological polar surface area (TPSA) is 12.0 Å². The highest BCUT2D eigenvalue weighted by Gasteiger charge is 2.28. The molecule has 0 amide bonds. The van der Waals surface area contributed by atoms with Crippen LogP contribution in [-0.4, -0.2) is 13.1 Å². The summed E-state index contributed by atoms with van der Waals surface area (Å²) in [5.41, 5.74) is 3.21. The molecule has 1 aromatic carbocycles. The van der Waals surface area contributed by atoms with Crippen LogP contribution >= 0.6 is 0 Å². The van der Waals surface area contributed by atoms with Gasteiger partial charge in [0.15, 0.2) is 0 Å². The maximum atomic E-state index is 3.66. The normalized spacial score (nSPS) is 12.4. The van der Waals surface area contributed by atoms with Crippen LogP contribution in [0.15, 0.2) is 24.3 Å². The lowest BCUT2D eigenvalue weighted by Gasteiger charge is -2.33. The Kier molecular flexibility index (Phi) is 6.75. The summed E-state index contributed by atoms with van der Waals surface area (Å²) < 4.78 is 0. The molecular weight excluding hydrogens is 242 g/mol. The second-order valence-corrected chi connectivity index (χ2v) is 6.79. The van der Waals surface area contributed by atoms with Crippen LogP contribution in [0.1, 0.15) is 71.4 Å². The summed E-state index contributed by atoms with van der Waals surface area (Å²) >= 11 is 0. The molecule has 0 aliphatic carbocycles. The first-order valence-electron chi connectivity index (χ1n) is 8.26. The number of hydrogen-bond acceptors (Lipinski definition) is 1. The molecule has 0 atom stereocenters. The summed E-state index contributed by atoms with van der Waals surface area (Å²) in [6.07, 6.45) is 2.38. The Balaban J connectivity index is 2.88. The first kappa shape index (κ1) is 17.2. The Morgan fingerprint density at radius 3 is 1.90 bits per heavy atom. The van der Waals surface area contributed by atoms with Crippen LogP contribution in [-0.2, 0) is 5.41 Å². The van der Waals surface area contributed by atoms with E-state index in [9.17, 15) is 0 Å². The lowest BCUT2D eigenvalue weighted by atomic mass is 9.75. The van der Waals surface area contributed by atoms with E-state index in [1.807, 2.05) is 0 Å². The van der Waals surface area contributed by atoms with Gasteiger partial charge in [0.2, 0.25) is 0 Å². The van der Waals surface area contributed by atoms with E-state index in [0.29, 0.717) is 11.8 Å². The van der Waals surface area contributed by atoms with Crippen molar-refractivity contribution in [3.8, 4) is 0 Å². The molecule has 1 rings (SSSR count). The van der Waals surface area contributed by atoms with Gasteiger partial charge in [0, 0.05) is 12.0 Å². The van der Waals surface area contributed by atoms with E-state index >= 15 is 0 Å². The summed E-state index contributed by atoms with van der Waals surface area (Å²) in [6, 6.07) is 9.31. The highest BCUT2D eigenvalue weighted by molar-refractivity contribution is 5.31. The summed E-state index contributed by atoms with van der Waals surface area (Å²) in [5.74, 6) is 1.32. The Bertz CT molecular complexity index is 371. The van der Waals surface area contributed by atoms with Crippen molar-refractivity contribution in [3.63, 3.8) is 0 Å². The van der Waals surface area contributed by atoms with Gasteiger partial charge < -0.3 is 5.32 Å². The molecule has 0 heterocycles. The van der Waals surface area contributed by atoms with E-state index in [1.165, 1.54) is 24.0 Å². The molecule has 0 aliphatic heterocycles. The van der Waals surface area contributed by atoms with Crippen molar-refractivity contribution in [1.82, 2.24) is 5.32 Å². The van der Waals surface area contributed by atoms with Crippen LogP contribution in [0.2, 0.25) is 0 Å². The molecule has 0 fully saturated rings. The minimum atomic E-state index is 0.282. The highest BCUT2D eigenvalue weighted by Crippen LogP contribution is 2.32. The first-order valence-corrected chi connectivity index (χ1v) is 8.26. The summed E-state index contributed by atoms with van der Waals surface area (Å²) in [7, 11) is 0. The number of benzene rings is 1. The maximum Gasteiger partial charge on any atom is 0.00725 e. The average Bonchev–Trinajstić information content (AvgIpc) is 2.44. The van der Waals surface area contributed by atoms with Crippen LogP contribution in [0.5, 0.6) is 0 Å². The van der Waals surface area contributed by atoms with Gasteiger partial charge in [-0.15, -0.1) is 0 Å². The van der Waals surface area contributed by atoms with Gasteiger partial charge in [0.05, 0.1) is 0 Å². The van der Waals surface area contributed by atoms with Crippen molar-refractivity contribution in [2.24, 2.45) is 5.92 Å². The van der Waals surface area contributed by atoms with Crippen molar-refractivity contribution in [3.05, 3.63) is 35.4 Å². The average molecular weight is 275 g/mol. The van der Waals surface area contributed by atoms with Gasteiger partial charge in [0.25, 0.3) is 0 Å². The van der Waals surface area contributed by atoms with Gasteiger partial charge in [0.1, 0.15) is 0 Å². The fraction of sp³-hybridized carbons (Fsp3) is 0.684. The summed E-state index contributed by atoms with van der Waals surface area (Å²) in [6.45, 7) is 15.9. The molecule has 0 unspecified atom stereocenters. The molecule has 0 saturated heterocycles. The largest absolute Gasteiger partial charge is 0.316 e. The Morgan fingerprint density at radius 1 is 0.950 bits per heavy atom. The predicted octanol–water partition coefficient (Wildman–Crippen LogP) is 5.11. The predicted molar refractivity (Wildman–Crippen MR) is 90.5 cm³/mol. The lowest BCUT2D eigenvalue weighted by molar-refractivity contribution is 0.358. The maximum absolute atomic E-state index is 3.66. The van der Waals surface area contributed by atoms with Crippen LogP contribution in [0.4, 0.5) is 0 Å². The Hall–Kier alpha value is -0.820. The number of nitrogens with one attached hydrogen (secondary N) is 1. The van der Waals surface area contributed by atoms with E-state index in [2.05, 4.69) is 71.1 Å². The van der Waals surface area contributed by atoms with Gasteiger partial charge in [-0.3, -0.25) is 0 Å². The van der Waals surface area contributed by atoms with Crippen molar-refractivity contribution >= 4 is 0 Å². The second-order valence-electron chi connectivity index (χ2n) is 6.79. The van der Waals surface area contributed by atoms with Gasteiger partial charge >= 0.3 is 0 Å². The zero-order valence-electron chi connectivity index (χ0n) is 14.3. The molecule has 1 N–H and O–H groups in total. The van der Waals surface area contributed by atoms with Gasteiger partial charge in [-0.1, -0.05) is 65.8 Å². The molecule has 0 aromatic heterocycles. The zero-order valence-corrected chi connectivity index (χ0v) is 14.3. The third kappa shape index (κ3) is 4.34. The minimum Gasteiger partial charge on any atom is -0.316 e. The SMILES string of the molecule is CCC(CC)(CNCC(C)C)c1ccc(C(C)C)cc1. The molecule has 20 heavy (non-hydrogen) atoms. The van der Waals surface area contributed by atoms with Gasteiger partial charge in [-0.25, -0.2) is 0 Å². The molecule has 0 spiro atoms. The Morgan fingerprint density at radius 2 is 1.50 bits per heavy atom. The first-order chi connectivity index (χ1) is 9.45. The van der Waals surface area contributed by atoms with Gasteiger partial charge in [-0.2, -0.15) is 0 Å². The third-order valence-corrected chi connectivity index (χ3v) is 4.56. The molecule has 0 radical (unpaired) electrons. The standard InChI is InChI=1S/C19H33N/c1-7-19(8-2,14-20-13-15(3)4)18-11-9-17(10-12-18)16(5)6/h9-12,15-16,20H,7-8,13-14H2,1-6H3. The molecule has 0 aliphatic rings. The van der Waals surface area contributed by atoms with E-state index in [1.54, 1.807) is 0 Å². The molecule has 1 heteroatoms. The van der Waals surface area contributed by atoms with E-state index in [4.69, 9.17) is 0 Å². The van der Waals surface area contributed by atoms with E-state index in [0.717, 1.165) is 13.1 Å². The molecule has 1 aromatic rings. The molecular formula is C19H33N. The molecule has 0 saturated carbocycles. The van der Waals surface area contributed by atoms with E-state index < -0.39 is 0 Å². The van der Waals surface area contributed by atoms with Crippen molar-refractivity contribution in [2.45, 2.75) is 65.7 Å². The molecule has 114 valence electrons. The summed E-state index contributed by atoms with van der Waals surface area (Å²) in [5, 5.41) is 3.66. The Labute approximate surface area is 126 Å². The smallest absolute Gasteiger partial charge is 0.00725 e. The quantitative estimate of drug-likeness (QED) is 0.695. The van der Waals surface area contributed by atoms with Crippen LogP contribution < -0.4 is 5.32 Å². The third-order valence-electron chi connectivity index (χ3n) is 4.56. The molecule has 0 bridgehead atoms. The van der Waals surface area contributed by atoms with Crippen molar-refractivity contribution in [2.75, 3.05) is 13.1 Å². The van der Waals surface area contributed by atoms with Crippen molar-refractivity contribution in [1.29, 1.82) is 0 Å². The van der Waals surface area contributed by atoms with E-state index in [-0.39, 0.29) is 5.41 Å². The second kappa shape index (κ2) is 7.83. The zero-order chi connectivity index (χ0) is 15.2. The molecule has 1 nitrogen and oxygen atoms in total. The monoisotopic (exact) mass is 275 g/mol. The van der Waals surface area contributed by atoms with Crippen LogP contribution in [0, 0.1) is 5.92 Å². The highest BCUT2D eigenvalue weighted by atomic mass is 14.9. The fourth-order valence-electron chi connectivity index (χ4n) is 2.83. The number of rotatable bonds is 8. The summed E-state index contributed by atoms with van der Waals surface area (Å²) in [4.78, 5) is 0. The number of hydrogen-bond donors (Lipinski definition) is 1. The van der Waals surface area contributed by atoms with Crippen LogP contribution in [0.25, 0.3) is 0 Å². The van der Waals surface area contributed by atoms with Crippen molar-refractivity contribution < 1.29 is 0 Å². The fourth-order valence-corrected chi connectivity index (χ4v) is 2.83.